The maximum absolute atomic E-state index is 7.16. The van der Waals surface area contributed by atoms with Gasteiger partial charge in [0.05, 0.1) is 16.4 Å². The van der Waals surface area contributed by atoms with Crippen molar-refractivity contribution in [3.63, 3.8) is 0 Å². The summed E-state index contributed by atoms with van der Waals surface area (Å²) in [6.07, 6.45) is 5.53. The number of nitrogens with zero attached hydrogens (tertiary/aromatic N) is 2. The summed E-state index contributed by atoms with van der Waals surface area (Å²) in [5, 5.41) is 8.30. The number of benzene rings is 6. The van der Waals surface area contributed by atoms with Crippen LogP contribution in [-0.4, -0.2) is 9.58 Å². The van der Waals surface area contributed by atoms with Crippen LogP contribution in [0.15, 0.2) is 175 Å². The highest BCUT2D eigenvalue weighted by Crippen LogP contribution is 2.59. The van der Waals surface area contributed by atoms with Crippen molar-refractivity contribution in [2.45, 2.75) is 38.1 Å². The number of hydrazine groups is 1. The summed E-state index contributed by atoms with van der Waals surface area (Å²) in [4.78, 5) is 0. The van der Waals surface area contributed by atoms with Crippen molar-refractivity contribution in [1.29, 1.82) is 0 Å². The van der Waals surface area contributed by atoms with Gasteiger partial charge in [-0.1, -0.05) is 165 Å². The van der Waals surface area contributed by atoms with E-state index in [4.69, 9.17) is 5.84 Å². The third kappa shape index (κ3) is 5.18. The molecular weight excluding hydrogens is 621 g/mol. The maximum atomic E-state index is 7.16. The molecule has 1 aromatic heterocycles. The molecule has 0 bridgehead atoms. The van der Waals surface area contributed by atoms with Crippen LogP contribution in [0.3, 0.4) is 0 Å². The van der Waals surface area contributed by atoms with Gasteiger partial charge in [-0.15, -0.1) is 0 Å². The summed E-state index contributed by atoms with van der Waals surface area (Å²) < 4.78 is 2.42. The number of nitrogens with one attached hydrogen (secondary N) is 1. The second-order valence-corrected chi connectivity index (χ2v) is 14.1. The van der Waals surface area contributed by atoms with E-state index in [0.717, 1.165) is 23.0 Å². The van der Waals surface area contributed by atoms with E-state index in [-0.39, 0.29) is 6.29 Å². The number of para-hydroxylation sites is 1. The second kappa shape index (κ2) is 13.0. The molecule has 0 aliphatic heterocycles. The number of hydrogen-bond acceptors (Lipinski definition) is 3. The smallest absolute Gasteiger partial charge is 0.154 e. The minimum absolute atomic E-state index is 0.336. The average molecular weight is 663 g/mol. The zero-order valence-corrected chi connectivity index (χ0v) is 28.9. The second-order valence-electron chi connectivity index (χ2n) is 14.1. The lowest BCUT2D eigenvalue weighted by atomic mass is 9.65. The molecule has 7 aromatic rings. The van der Waals surface area contributed by atoms with Crippen LogP contribution in [0.5, 0.6) is 0 Å². The molecular formula is C47H42N4. The fraction of sp³-hybridized carbons (Fsp3) is 0.149. The van der Waals surface area contributed by atoms with Crippen molar-refractivity contribution in [1.82, 2.24) is 14.9 Å². The number of allylic oxidation sites excluding steroid dienone is 4. The number of aromatic nitrogens is 1. The Bertz CT molecular complexity index is 2410. The van der Waals surface area contributed by atoms with Gasteiger partial charge in [0, 0.05) is 23.9 Å². The summed E-state index contributed by atoms with van der Waals surface area (Å²) in [5.41, 5.74) is 12.3. The van der Waals surface area contributed by atoms with Gasteiger partial charge in [0.2, 0.25) is 0 Å². The lowest BCUT2D eigenvalue weighted by Crippen LogP contribution is -2.45. The summed E-state index contributed by atoms with van der Waals surface area (Å²) >= 11 is 0. The lowest BCUT2D eigenvalue weighted by molar-refractivity contribution is 0.105. The molecule has 250 valence electrons. The zero-order valence-electron chi connectivity index (χ0n) is 28.9. The Hall–Kier alpha value is -5.52. The maximum Gasteiger partial charge on any atom is 0.154 e. The first-order valence-electron chi connectivity index (χ1n) is 18.1. The Labute approximate surface area is 300 Å². The van der Waals surface area contributed by atoms with Crippen LogP contribution >= 0.6 is 0 Å². The van der Waals surface area contributed by atoms with Gasteiger partial charge in [0.1, 0.15) is 0 Å². The van der Waals surface area contributed by atoms with Crippen molar-refractivity contribution < 1.29 is 0 Å². The highest BCUT2D eigenvalue weighted by Gasteiger charge is 2.48. The van der Waals surface area contributed by atoms with E-state index in [0.29, 0.717) is 19.0 Å². The molecule has 0 saturated heterocycles. The number of hydrogen-bond donors (Lipinski definition) is 2. The van der Waals surface area contributed by atoms with Crippen molar-refractivity contribution in [2.24, 2.45) is 11.8 Å². The van der Waals surface area contributed by atoms with Crippen LogP contribution in [-0.2, 0) is 18.5 Å². The van der Waals surface area contributed by atoms with E-state index < -0.39 is 5.41 Å². The Kier molecular flexibility index (Phi) is 8.01. The molecule has 0 amide bonds. The highest BCUT2D eigenvalue weighted by atomic mass is 15.5. The van der Waals surface area contributed by atoms with E-state index in [1.807, 2.05) is 5.01 Å². The van der Waals surface area contributed by atoms with Crippen LogP contribution in [0.4, 0.5) is 0 Å². The SMILES string of the molecule is CC1C=CC2=C(C1)c1ccccc1C2(c1ccccc1)c1cccc2c1c1ccccc1n2C(NCc1ccccc1)N(N)Cc1ccccc1. The average Bonchev–Trinajstić information content (AvgIpc) is 3.67. The fourth-order valence-electron chi connectivity index (χ4n) is 8.80. The minimum atomic E-state index is -0.488. The van der Waals surface area contributed by atoms with E-state index >= 15 is 0 Å². The molecule has 4 nitrogen and oxygen atoms in total. The molecule has 6 aromatic carbocycles. The molecule has 4 heteroatoms. The molecule has 3 atom stereocenters. The Morgan fingerprint density at radius 1 is 0.706 bits per heavy atom. The Morgan fingerprint density at radius 2 is 1.33 bits per heavy atom. The van der Waals surface area contributed by atoms with E-state index in [1.54, 1.807) is 0 Å². The van der Waals surface area contributed by atoms with Gasteiger partial charge >= 0.3 is 0 Å². The summed E-state index contributed by atoms with van der Waals surface area (Å²) in [5.74, 6) is 7.65. The Balaban J connectivity index is 1.32. The van der Waals surface area contributed by atoms with Gasteiger partial charge in [-0.2, -0.15) is 0 Å². The van der Waals surface area contributed by atoms with Crippen LogP contribution in [0.1, 0.15) is 53.0 Å². The van der Waals surface area contributed by atoms with Crippen molar-refractivity contribution >= 4 is 27.4 Å². The van der Waals surface area contributed by atoms with Crippen LogP contribution in [0.2, 0.25) is 0 Å². The number of rotatable bonds is 9. The standard InChI is InChI=1S/C47H42N4/c1-33-28-29-41-39(30-33)37-22-11-13-24-40(37)47(41,36-20-9-4-10-21-36)42-25-15-27-44-45(42)38-23-12-14-26-43(38)51(44)46(49-31-34-16-5-2-6-17-34)50(48)32-35-18-7-3-8-19-35/h2-29,33,46,49H,30-32,48H2,1H3. The quantitative estimate of drug-likeness (QED) is 0.0919. The molecule has 1 heterocycles. The van der Waals surface area contributed by atoms with Gasteiger partial charge in [-0.3, -0.25) is 11.2 Å². The summed E-state index contributed by atoms with van der Waals surface area (Å²) in [6, 6.07) is 57.1. The molecule has 0 fully saturated rings. The summed E-state index contributed by atoms with van der Waals surface area (Å²) in [6.45, 7) is 3.58. The van der Waals surface area contributed by atoms with E-state index in [9.17, 15) is 0 Å². The largest absolute Gasteiger partial charge is 0.310 e. The Morgan fingerprint density at radius 3 is 2.12 bits per heavy atom. The molecule has 2 aliphatic rings. The van der Waals surface area contributed by atoms with Crippen LogP contribution < -0.4 is 11.2 Å². The molecule has 9 rings (SSSR count). The lowest BCUT2D eigenvalue weighted by Gasteiger charge is -2.36. The molecule has 3 unspecified atom stereocenters. The number of fused-ring (bicyclic) bond motifs is 5. The molecule has 0 radical (unpaired) electrons. The third-order valence-electron chi connectivity index (χ3n) is 10.9. The first-order chi connectivity index (χ1) is 25.1. The van der Waals surface area contributed by atoms with E-state index in [2.05, 4.69) is 187 Å². The van der Waals surface area contributed by atoms with Gasteiger partial charge in [-0.05, 0) is 69.0 Å². The van der Waals surface area contributed by atoms with Gasteiger partial charge in [-0.25, -0.2) is 5.01 Å². The van der Waals surface area contributed by atoms with Gasteiger partial charge in [0.25, 0.3) is 0 Å². The first-order valence-corrected chi connectivity index (χ1v) is 18.1. The normalized spacial score (nSPS) is 18.8. The van der Waals surface area contributed by atoms with E-state index in [1.165, 1.54) is 49.7 Å². The fourth-order valence-corrected chi connectivity index (χ4v) is 8.80. The highest BCUT2D eigenvalue weighted by molar-refractivity contribution is 6.11. The third-order valence-corrected chi connectivity index (χ3v) is 10.9. The monoisotopic (exact) mass is 662 g/mol. The first kappa shape index (κ1) is 31.5. The topological polar surface area (TPSA) is 46.2 Å². The van der Waals surface area contributed by atoms with Crippen LogP contribution in [0.25, 0.3) is 27.4 Å². The van der Waals surface area contributed by atoms with Gasteiger partial charge in [0.15, 0.2) is 6.29 Å². The summed E-state index contributed by atoms with van der Waals surface area (Å²) in [7, 11) is 0. The van der Waals surface area contributed by atoms with Crippen molar-refractivity contribution in [3.8, 4) is 0 Å². The molecule has 3 N–H and O–H groups in total. The molecule has 51 heavy (non-hydrogen) atoms. The molecule has 0 saturated carbocycles. The zero-order chi connectivity index (χ0) is 34.4. The van der Waals surface area contributed by atoms with Crippen molar-refractivity contribution in [2.75, 3.05) is 0 Å². The predicted molar refractivity (Wildman–Crippen MR) is 211 cm³/mol. The van der Waals surface area contributed by atoms with Crippen LogP contribution in [0, 0.1) is 5.92 Å². The van der Waals surface area contributed by atoms with Crippen molar-refractivity contribution in [3.05, 3.63) is 209 Å². The van der Waals surface area contributed by atoms with Gasteiger partial charge < -0.3 is 4.57 Å². The number of nitrogens with two attached hydrogens (primary N) is 1. The predicted octanol–water partition coefficient (Wildman–Crippen LogP) is 10.1. The molecule has 0 spiro atoms. The molecule has 2 aliphatic carbocycles. The minimum Gasteiger partial charge on any atom is -0.310 e.